The molecular formula is C14H16N2O3S. The summed E-state index contributed by atoms with van der Waals surface area (Å²) < 4.78 is 5.25. The van der Waals surface area contributed by atoms with Crippen molar-refractivity contribution in [2.45, 2.75) is 38.5 Å². The van der Waals surface area contributed by atoms with Crippen molar-refractivity contribution in [3.63, 3.8) is 0 Å². The minimum atomic E-state index is -0.743. The maximum atomic E-state index is 11.6. The van der Waals surface area contributed by atoms with Crippen LogP contribution in [-0.2, 0) is 11.2 Å². The molecule has 2 aromatic rings. The highest BCUT2D eigenvalue weighted by Crippen LogP contribution is 2.39. The molecule has 0 aromatic carbocycles. The zero-order valence-corrected chi connectivity index (χ0v) is 11.9. The summed E-state index contributed by atoms with van der Waals surface area (Å²) in [5, 5.41) is 15.4. The fourth-order valence-electron chi connectivity index (χ4n) is 2.82. The van der Waals surface area contributed by atoms with Crippen molar-refractivity contribution >= 4 is 17.3 Å². The number of aromatic nitrogens is 2. The van der Waals surface area contributed by atoms with Gasteiger partial charge in [0, 0.05) is 6.42 Å². The van der Waals surface area contributed by atoms with Gasteiger partial charge in [0.1, 0.15) is 0 Å². The second-order valence-corrected chi connectivity index (χ2v) is 6.26. The lowest BCUT2D eigenvalue weighted by Crippen LogP contribution is -2.35. The minimum Gasteiger partial charge on any atom is -0.481 e. The Kier molecular flexibility index (Phi) is 3.56. The molecule has 20 heavy (non-hydrogen) atoms. The van der Waals surface area contributed by atoms with Gasteiger partial charge in [-0.2, -0.15) is 4.98 Å². The molecule has 6 heteroatoms. The van der Waals surface area contributed by atoms with E-state index in [2.05, 4.69) is 10.1 Å². The lowest BCUT2D eigenvalue weighted by Gasteiger charge is -2.31. The molecule has 0 bridgehead atoms. The first-order chi connectivity index (χ1) is 9.70. The van der Waals surface area contributed by atoms with Crippen LogP contribution in [0.1, 0.15) is 38.0 Å². The molecule has 1 aliphatic rings. The van der Waals surface area contributed by atoms with Gasteiger partial charge < -0.3 is 9.63 Å². The number of carbonyl (C=O) groups is 1. The average Bonchev–Trinajstić information content (AvgIpc) is 3.10. The highest BCUT2D eigenvalue weighted by molar-refractivity contribution is 7.13. The topological polar surface area (TPSA) is 76.2 Å². The van der Waals surface area contributed by atoms with Crippen molar-refractivity contribution in [3.05, 3.63) is 23.4 Å². The Morgan fingerprint density at radius 3 is 2.85 bits per heavy atom. The van der Waals surface area contributed by atoms with Gasteiger partial charge in [0.25, 0.3) is 0 Å². The molecule has 1 fully saturated rings. The SMILES string of the molecule is O=C(O)C1(Cc2nc(-c3cccs3)no2)CCCCC1. The maximum Gasteiger partial charge on any atom is 0.310 e. The fraction of sp³-hybridized carbons (Fsp3) is 0.500. The first-order valence-corrected chi connectivity index (χ1v) is 7.67. The number of aliphatic carboxylic acids is 1. The van der Waals surface area contributed by atoms with Crippen LogP contribution >= 0.6 is 11.3 Å². The van der Waals surface area contributed by atoms with Crippen LogP contribution in [0.3, 0.4) is 0 Å². The number of carboxylic acids is 1. The van der Waals surface area contributed by atoms with Crippen molar-refractivity contribution in [1.29, 1.82) is 0 Å². The Bertz CT molecular complexity index is 585. The molecule has 2 heterocycles. The van der Waals surface area contributed by atoms with E-state index in [1.54, 1.807) is 0 Å². The molecule has 5 nitrogen and oxygen atoms in total. The van der Waals surface area contributed by atoms with Gasteiger partial charge in [-0.25, -0.2) is 0 Å². The Labute approximate surface area is 120 Å². The Hall–Kier alpha value is -1.69. The summed E-state index contributed by atoms with van der Waals surface area (Å²) in [6, 6.07) is 3.85. The van der Waals surface area contributed by atoms with Crippen LogP contribution in [0.5, 0.6) is 0 Å². The normalized spacial score (nSPS) is 18.0. The van der Waals surface area contributed by atoms with Crippen molar-refractivity contribution in [2.75, 3.05) is 0 Å². The Balaban J connectivity index is 1.81. The predicted molar refractivity (Wildman–Crippen MR) is 74.5 cm³/mol. The van der Waals surface area contributed by atoms with Gasteiger partial charge in [-0.3, -0.25) is 4.79 Å². The average molecular weight is 292 g/mol. The van der Waals surface area contributed by atoms with Gasteiger partial charge in [0.05, 0.1) is 10.3 Å². The second-order valence-electron chi connectivity index (χ2n) is 5.31. The standard InChI is InChI=1S/C14H16N2O3S/c17-13(18)14(6-2-1-3-7-14)9-11-15-12(16-19-11)10-5-4-8-20-10/h4-5,8H,1-3,6-7,9H2,(H,17,18). The molecular weight excluding hydrogens is 276 g/mol. The number of rotatable bonds is 4. The lowest BCUT2D eigenvalue weighted by atomic mass is 9.72. The molecule has 0 radical (unpaired) electrons. The van der Waals surface area contributed by atoms with E-state index in [4.69, 9.17) is 4.52 Å². The third-order valence-corrected chi connectivity index (χ3v) is 4.83. The first-order valence-electron chi connectivity index (χ1n) is 6.79. The van der Waals surface area contributed by atoms with E-state index < -0.39 is 11.4 Å². The van der Waals surface area contributed by atoms with Crippen LogP contribution in [0.2, 0.25) is 0 Å². The van der Waals surface area contributed by atoms with Gasteiger partial charge in [0.2, 0.25) is 11.7 Å². The fourth-order valence-corrected chi connectivity index (χ4v) is 3.47. The Morgan fingerprint density at radius 2 is 2.20 bits per heavy atom. The Morgan fingerprint density at radius 1 is 1.40 bits per heavy atom. The van der Waals surface area contributed by atoms with Gasteiger partial charge in [-0.15, -0.1) is 11.3 Å². The van der Waals surface area contributed by atoms with E-state index in [-0.39, 0.29) is 0 Å². The number of hydrogen-bond acceptors (Lipinski definition) is 5. The van der Waals surface area contributed by atoms with Gasteiger partial charge in [0.15, 0.2) is 0 Å². The highest BCUT2D eigenvalue weighted by Gasteiger charge is 2.41. The summed E-state index contributed by atoms with van der Waals surface area (Å²) >= 11 is 1.54. The van der Waals surface area contributed by atoms with E-state index in [0.717, 1.165) is 24.1 Å². The van der Waals surface area contributed by atoms with Crippen molar-refractivity contribution in [1.82, 2.24) is 10.1 Å². The van der Waals surface area contributed by atoms with E-state index in [1.165, 1.54) is 11.3 Å². The van der Waals surface area contributed by atoms with Gasteiger partial charge in [-0.1, -0.05) is 30.5 Å². The van der Waals surface area contributed by atoms with Crippen LogP contribution in [0.25, 0.3) is 10.7 Å². The van der Waals surface area contributed by atoms with Crippen LogP contribution in [-0.4, -0.2) is 21.2 Å². The molecule has 0 amide bonds. The first kappa shape index (κ1) is 13.3. The summed E-state index contributed by atoms with van der Waals surface area (Å²) in [5.41, 5.74) is -0.725. The molecule has 1 aliphatic carbocycles. The monoisotopic (exact) mass is 292 g/mol. The van der Waals surface area contributed by atoms with Crippen molar-refractivity contribution in [2.24, 2.45) is 5.41 Å². The molecule has 1 N–H and O–H groups in total. The molecule has 106 valence electrons. The van der Waals surface area contributed by atoms with Crippen LogP contribution < -0.4 is 0 Å². The summed E-state index contributed by atoms with van der Waals surface area (Å²) in [6.45, 7) is 0. The molecule has 0 saturated heterocycles. The zero-order valence-electron chi connectivity index (χ0n) is 11.0. The summed E-state index contributed by atoms with van der Waals surface area (Å²) in [7, 11) is 0. The summed E-state index contributed by atoms with van der Waals surface area (Å²) in [6.07, 6.45) is 4.74. The van der Waals surface area contributed by atoms with Gasteiger partial charge >= 0.3 is 5.97 Å². The third-order valence-electron chi connectivity index (χ3n) is 3.96. The molecule has 1 saturated carbocycles. The van der Waals surface area contributed by atoms with E-state index >= 15 is 0 Å². The zero-order chi connectivity index (χ0) is 14.0. The molecule has 0 aliphatic heterocycles. The largest absolute Gasteiger partial charge is 0.481 e. The van der Waals surface area contributed by atoms with Crippen LogP contribution in [0.15, 0.2) is 22.0 Å². The molecule has 0 unspecified atom stereocenters. The molecule has 3 rings (SSSR count). The third kappa shape index (κ3) is 2.47. The summed E-state index contributed by atoms with van der Waals surface area (Å²) in [5.74, 6) is 0.233. The quantitative estimate of drug-likeness (QED) is 0.934. The number of carboxylic acid groups (broad SMARTS) is 1. The van der Waals surface area contributed by atoms with E-state index in [1.807, 2.05) is 17.5 Å². The lowest BCUT2D eigenvalue weighted by molar-refractivity contribution is -0.151. The molecule has 0 spiro atoms. The van der Waals surface area contributed by atoms with Crippen LogP contribution in [0, 0.1) is 5.41 Å². The van der Waals surface area contributed by atoms with E-state index in [9.17, 15) is 9.90 Å². The number of hydrogen-bond donors (Lipinski definition) is 1. The van der Waals surface area contributed by atoms with Crippen molar-refractivity contribution in [3.8, 4) is 10.7 Å². The maximum absolute atomic E-state index is 11.6. The number of thiophene rings is 1. The highest BCUT2D eigenvalue weighted by atomic mass is 32.1. The van der Waals surface area contributed by atoms with Gasteiger partial charge in [-0.05, 0) is 24.3 Å². The van der Waals surface area contributed by atoms with Crippen LogP contribution in [0.4, 0.5) is 0 Å². The minimum absolute atomic E-state index is 0.334. The van der Waals surface area contributed by atoms with E-state index in [0.29, 0.717) is 31.0 Å². The molecule has 2 aromatic heterocycles. The predicted octanol–water partition coefficient (Wildman–Crippen LogP) is 3.38. The molecule has 0 atom stereocenters. The summed E-state index contributed by atoms with van der Waals surface area (Å²) in [4.78, 5) is 16.9. The second kappa shape index (κ2) is 5.36. The smallest absolute Gasteiger partial charge is 0.310 e. The number of nitrogens with zero attached hydrogens (tertiary/aromatic N) is 2. The van der Waals surface area contributed by atoms with Crippen molar-refractivity contribution < 1.29 is 14.4 Å².